The molecule has 1 nitrogen and oxygen atoms in total. The Labute approximate surface area is 80.1 Å². The Balaban J connectivity index is 2.12. The van der Waals surface area contributed by atoms with Crippen molar-refractivity contribution in [2.24, 2.45) is 11.7 Å². The molecule has 0 amide bonds. The predicted octanol–water partition coefficient (Wildman–Crippen LogP) is 2.05. The quantitative estimate of drug-likeness (QED) is 0.717. The monoisotopic (exact) mass is 223 g/mol. The molecule has 0 bridgehead atoms. The second-order valence-electron chi connectivity index (χ2n) is 3.81. The lowest BCUT2D eigenvalue weighted by Crippen LogP contribution is -2.08. The molecule has 0 radical (unpaired) electrons. The summed E-state index contributed by atoms with van der Waals surface area (Å²) in [6.45, 7) is 0. The topological polar surface area (TPSA) is 26.0 Å². The minimum atomic E-state index is 0.451. The Morgan fingerprint density at radius 2 is 2.25 bits per heavy atom. The SMILES string of the molecule is N[C@@H]1[C@H]2Cc3ccc(Br)cc3[C@@H]12. The van der Waals surface area contributed by atoms with Gasteiger partial charge in [0.1, 0.15) is 0 Å². The molecule has 2 N–H and O–H groups in total. The molecule has 0 aromatic heterocycles. The zero-order valence-electron chi connectivity index (χ0n) is 6.63. The van der Waals surface area contributed by atoms with Crippen LogP contribution in [-0.2, 0) is 6.42 Å². The first-order valence-electron chi connectivity index (χ1n) is 4.31. The lowest BCUT2D eigenvalue weighted by molar-refractivity contribution is 0.801. The molecule has 1 saturated carbocycles. The Morgan fingerprint density at radius 3 is 3.08 bits per heavy atom. The smallest absolute Gasteiger partial charge is 0.0178 e. The van der Waals surface area contributed by atoms with E-state index in [4.69, 9.17) is 5.73 Å². The summed E-state index contributed by atoms with van der Waals surface area (Å²) in [5, 5.41) is 0. The van der Waals surface area contributed by atoms with Gasteiger partial charge in [-0.15, -0.1) is 0 Å². The molecule has 62 valence electrons. The highest BCUT2D eigenvalue weighted by molar-refractivity contribution is 9.10. The molecule has 2 aliphatic carbocycles. The van der Waals surface area contributed by atoms with Crippen molar-refractivity contribution in [3.05, 3.63) is 33.8 Å². The van der Waals surface area contributed by atoms with E-state index in [1.807, 2.05) is 0 Å². The Hall–Kier alpha value is -0.340. The van der Waals surface area contributed by atoms with Gasteiger partial charge in [-0.25, -0.2) is 0 Å². The maximum absolute atomic E-state index is 5.92. The maximum Gasteiger partial charge on any atom is 0.0178 e. The van der Waals surface area contributed by atoms with Crippen LogP contribution in [0.2, 0.25) is 0 Å². The van der Waals surface area contributed by atoms with Crippen LogP contribution in [0.4, 0.5) is 0 Å². The first-order chi connectivity index (χ1) is 5.77. The van der Waals surface area contributed by atoms with Gasteiger partial charge in [-0.2, -0.15) is 0 Å². The highest BCUT2D eigenvalue weighted by Crippen LogP contribution is 2.55. The largest absolute Gasteiger partial charge is 0.327 e. The van der Waals surface area contributed by atoms with Crippen molar-refractivity contribution >= 4 is 15.9 Å². The second-order valence-corrected chi connectivity index (χ2v) is 4.73. The van der Waals surface area contributed by atoms with Crippen LogP contribution in [0.25, 0.3) is 0 Å². The average molecular weight is 224 g/mol. The minimum Gasteiger partial charge on any atom is -0.327 e. The van der Waals surface area contributed by atoms with Crippen molar-refractivity contribution in [3.63, 3.8) is 0 Å². The van der Waals surface area contributed by atoms with Gasteiger partial charge in [-0.3, -0.25) is 0 Å². The van der Waals surface area contributed by atoms with Crippen molar-refractivity contribution in [1.29, 1.82) is 0 Å². The highest BCUT2D eigenvalue weighted by atomic mass is 79.9. The van der Waals surface area contributed by atoms with Crippen molar-refractivity contribution in [2.75, 3.05) is 0 Å². The molecule has 0 aliphatic heterocycles. The van der Waals surface area contributed by atoms with E-state index in [1.165, 1.54) is 22.0 Å². The van der Waals surface area contributed by atoms with Crippen LogP contribution in [0.1, 0.15) is 17.0 Å². The van der Waals surface area contributed by atoms with E-state index >= 15 is 0 Å². The molecule has 1 aromatic rings. The normalized spacial score (nSPS) is 36.0. The summed E-state index contributed by atoms with van der Waals surface area (Å²) in [5.74, 6) is 1.44. The number of halogens is 1. The van der Waals surface area contributed by atoms with E-state index < -0.39 is 0 Å². The molecule has 3 rings (SSSR count). The summed E-state index contributed by atoms with van der Waals surface area (Å²) in [5.41, 5.74) is 8.92. The van der Waals surface area contributed by atoms with Crippen molar-refractivity contribution in [1.82, 2.24) is 0 Å². The Bertz CT molecular complexity index is 348. The Kier molecular flexibility index (Phi) is 1.25. The number of benzene rings is 1. The van der Waals surface area contributed by atoms with Crippen LogP contribution in [0.3, 0.4) is 0 Å². The van der Waals surface area contributed by atoms with Crippen LogP contribution in [-0.4, -0.2) is 6.04 Å². The number of rotatable bonds is 0. The summed E-state index contributed by atoms with van der Waals surface area (Å²) < 4.78 is 1.18. The lowest BCUT2D eigenvalue weighted by atomic mass is 10.1. The summed E-state index contributed by atoms with van der Waals surface area (Å²) >= 11 is 3.49. The van der Waals surface area contributed by atoms with Gasteiger partial charge in [0, 0.05) is 16.4 Å². The lowest BCUT2D eigenvalue weighted by Gasteiger charge is -2.04. The van der Waals surface area contributed by atoms with Crippen LogP contribution in [0.15, 0.2) is 22.7 Å². The van der Waals surface area contributed by atoms with Crippen molar-refractivity contribution in [2.45, 2.75) is 18.4 Å². The molecule has 0 saturated heterocycles. The number of hydrogen-bond acceptors (Lipinski definition) is 1. The third kappa shape index (κ3) is 0.771. The van der Waals surface area contributed by atoms with Gasteiger partial charge in [0.15, 0.2) is 0 Å². The minimum absolute atomic E-state index is 0.451. The van der Waals surface area contributed by atoms with E-state index in [0.717, 1.165) is 5.92 Å². The highest BCUT2D eigenvalue weighted by Gasteiger charge is 2.53. The van der Waals surface area contributed by atoms with Crippen molar-refractivity contribution in [3.8, 4) is 0 Å². The van der Waals surface area contributed by atoms with E-state index in [-0.39, 0.29) is 0 Å². The standard InChI is InChI=1S/C10H10BrN/c11-6-2-1-5-3-8-9(10(8)12)7(5)4-6/h1-2,4,8-10H,3,12H2/t8-,9+,10+/m0/s1. The molecule has 0 heterocycles. The first kappa shape index (κ1) is 7.10. The van der Waals surface area contributed by atoms with Crippen LogP contribution in [0.5, 0.6) is 0 Å². The molecule has 0 unspecified atom stereocenters. The Morgan fingerprint density at radius 1 is 1.42 bits per heavy atom. The van der Waals surface area contributed by atoms with Gasteiger partial charge in [0.05, 0.1) is 0 Å². The van der Waals surface area contributed by atoms with Gasteiger partial charge >= 0.3 is 0 Å². The number of hydrogen-bond donors (Lipinski definition) is 1. The third-order valence-electron chi connectivity index (χ3n) is 3.15. The zero-order chi connectivity index (χ0) is 8.29. The van der Waals surface area contributed by atoms with E-state index in [1.54, 1.807) is 0 Å². The zero-order valence-corrected chi connectivity index (χ0v) is 8.21. The van der Waals surface area contributed by atoms with Gasteiger partial charge < -0.3 is 5.73 Å². The molecule has 2 heteroatoms. The van der Waals surface area contributed by atoms with Gasteiger partial charge in [0.2, 0.25) is 0 Å². The van der Waals surface area contributed by atoms with Gasteiger partial charge in [-0.05, 0) is 35.6 Å². The fourth-order valence-electron chi connectivity index (χ4n) is 2.42. The maximum atomic E-state index is 5.92. The van der Waals surface area contributed by atoms with E-state index in [9.17, 15) is 0 Å². The van der Waals surface area contributed by atoms with Crippen LogP contribution >= 0.6 is 15.9 Å². The fraction of sp³-hybridized carbons (Fsp3) is 0.400. The van der Waals surface area contributed by atoms with Crippen LogP contribution < -0.4 is 5.73 Å². The first-order valence-corrected chi connectivity index (χ1v) is 5.10. The van der Waals surface area contributed by atoms with Crippen LogP contribution in [0, 0.1) is 5.92 Å². The molecule has 0 spiro atoms. The van der Waals surface area contributed by atoms with E-state index in [0.29, 0.717) is 12.0 Å². The summed E-state index contributed by atoms with van der Waals surface area (Å²) in [6, 6.07) is 7.02. The van der Waals surface area contributed by atoms with E-state index in [2.05, 4.69) is 34.1 Å². The number of nitrogens with two attached hydrogens (primary N) is 1. The molecule has 12 heavy (non-hydrogen) atoms. The van der Waals surface area contributed by atoms with Gasteiger partial charge in [-0.1, -0.05) is 22.0 Å². The van der Waals surface area contributed by atoms with Gasteiger partial charge in [0.25, 0.3) is 0 Å². The summed E-state index contributed by atoms with van der Waals surface area (Å²) in [7, 11) is 0. The summed E-state index contributed by atoms with van der Waals surface area (Å²) in [6.07, 6.45) is 1.20. The molecular weight excluding hydrogens is 214 g/mol. The summed E-state index contributed by atoms with van der Waals surface area (Å²) in [4.78, 5) is 0. The molecular formula is C10H10BrN. The molecule has 3 atom stereocenters. The fourth-order valence-corrected chi connectivity index (χ4v) is 2.80. The number of fused-ring (bicyclic) bond motifs is 3. The second kappa shape index (κ2) is 2.12. The molecule has 1 fully saturated rings. The average Bonchev–Trinajstić information content (AvgIpc) is 2.55. The molecule has 2 aliphatic rings. The molecule has 1 aromatic carbocycles. The third-order valence-corrected chi connectivity index (χ3v) is 3.65. The van der Waals surface area contributed by atoms with Crippen molar-refractivity contribution < 1.29 is 0 Å². The predicted molar refractivity (Wildman–Crippen MR) is 52.1 cm³/mol.